The maximum atomic E-state index is 5.67. The van der Waals surface area contributed by atoms with E-state index in [1.54, 1.807) is 11.3 Å². The van der Waals surface area contributed by atoms with Gasteiger partial charge in [0.15, 0.2) is 0 Å². The SMILES string of the molecule is CCCN(C)Cc1nc(CCl)cs1. The summed E-state index contributed by atoms with van der Waals surface area (Å²) in [6.07, 6.45) is 1.18. The Kier molecular flexibility index (Phi) is 4.70. The van der Waals surface area contributed by atoms with E-state index in [-0.39, 0.29) is 0 Å². The first-order valence-electron chi connectivity index (χ1n) is 4.44. The van der Waals surface area contributed by atoms with Crippen molar-refractivity contribution in [3.05, 3.63) is 16.1 Å². The average Bonchev–Trinajstić information content (AvgIpc) is 2.52. The molecule has 0 aliphatic carbocycles. The fourth-order valence-electron chi connectivity index (χ4n) is 1.17. The van der Waals surface area contributed by atoms with Crippen LogP contribution in [-0.4, -0.2) is 23.5 Å². The smallest absolute Gasteiger partial charge is 0.107 e. The van der Waals surface area contributed by atoms with Gasteiger partial charge in [-0.05, 0) is 20.0 Å². The van der Waals surface area contributed by atoms with Gasteiger partial charge < -0.3 is 0 Å². The molecule has 4 heteroatoms. The monoisotopic (exact) mass is 218 g/mol. The fourth-order valence-corrected chi connectivity index (χ4v) is 2.28. The molecule has 0 N–H and O–H groups in total. The first kappa shape index (κ1) is 11.0. The lowest BCUT2D eigenvalue weighted by Crippen LogP contribution is -2.18. The Bertz CT molecular complexity index is 250. The molecule has 2 nitrogen and oxygen atoms in total. The molecule has 0 unspecified atom stereocenters. The lowest BCUT2D eigenvalue weighted by atomic mass is 10.4. The van der Waals surface area contributed by atoms with Gasteiger partial charge in [0.25, 0.3) is 0 Å². The highest BCUT2D eigenvalue weighted by Crippen LogP contribution is 2.13. The number of nitrogens with zero attached hydrogens (tertiary/aromatic N) is 2. The summed E-state index contributed by atoms with van der Waals surface area (Å²) in [5.41, 5.74) is 0.992. The van der Waals surface area contributed by atoms with E-state index in [1.807, 2.05) is 5.38 Å². The maximum Gasteiger partial charge on any atom is 0.107 e. The minimum atomic E-state index is 0.522. The third kappa shape index (κ3) is 3.63. The Morgan fingerprint density at radius 2 is 2.38 bits per heavy atom. The Hall–Kier alpha value is -0.120. The zero-order valence-electron chi connectivity index (χ0n) is 8.09. The molecule has 13 heavy (non-hydrogen) atoms. The van der Waals surface area contributed by atoms with E-state index >= 15 is 0 Å². The van der Waals surface area contributed by atoms with Crippen molar-refractivity contribution in [2.75, 3.05) is 13.6 Å². The number of alkyl halides is 1. The van der Waals surface area contributed by atoms with Crippen LogP contribution in [0.5, 0.6) is 0 Å². The molecule has 1 aromatic heterocycles. The second-order valence-corrected chi connectivity index (χ2v) is 4.31. The van der Waals surface area contributed by atoms with Crippen molar-refractivity contribution >= 4 is 22.9 Å². The summed E-state index contributed by atoms with van der Waals surface area (Å²) < 4.78 is 0. The van der Waals surface area contributed by atoms with Crippen LogP contribution in [0.15, 0.2) is 5.38 Å². The molecule has 0 bridgehead atoms. The van der Waals surface area contributed by atoms with Crippen LogP contribution in [0, 0.1) is 0 Å². The number of halogens is 1. The Morgan fingerprint density at radius 3 is 2.92 bits per heavy atom. The van der Waals surface area contributed by atoms with Gasteiger partial charge in [-0.25, -0.2) is 4.98 Å². The zero-order chi connectivity index (χ0) is 9.68. The van der Waals surface area contributed by atoms with Gasteiger partial charge in [0, 0.05) is 5.38 Å². The number of thiazole rings is 1. The molecule has 0 radical (unpaired) electrons. The van der Waals surface area contributed by atoms with E-state index in [1.165, 1.54) is 6.42 Å². The third-order valence-corrected chi connectivity index (χ3v) is 2.90. The van der Waals surface area contributed by atoms with Gasteiger partial charge in [-0.3, -0.25) is 4.90 Å². The van der Waals surface area contributed by atoms with Crippen molar-refractivity contribution < 1.29 is 0 Å². The van der Waals surface area contributed by atoms with Gasteiger partial charge in [-0.15, -0.1) is 22.9 Å². The maximum absolute atomic E-state index is 5.67. The van der Waals surface area contributed by atoms with Crippen molar-refractivity contribution in [1.29, 1.82) is 0 Å². The third-order valence-electron chi connectivity index (χ3n) is 1.75. The topological polar surface area (TPSA) is 16.1 Å². The summed E-state index contributed by atoms with van der Waals surface area (Å²) >= 11 is 7.36. The van der Waals surface area contributed by atoms with Crippen molar-refractivity contribution in [3.63, 3.8) is 0 Å². The van der Waals surface area contributed by atoms with Crippen LogP contribution in [0.1, 0.15) is 24.0 Å². The minimum Gasteiger partial charge on any atom is -0.300 e. The van der Waals surface area contributed by atoms with Crippen LogP contribution < -0.4 is 0 Å². The van der Waals surface area contributed by atoms with Gasteiger partial charge in [0.1, 0.15) is 5.01 Å². The number of rotatable bonds is 5. The van der Waals surface area contributed by atoms with Crippen LogP contribution in [-0.2, 0) is 12.4 Å². The quantitative estimate of drug-likeness (QED) is 0.707. The Morgan fingerprint density at radius 1 is 1.62 bits per heavy atom. The summed E-state index contributed by atoms with van der Waals surface area (Å²) in [6, 6.07) is 0. The molecule has 1 heterocycles. The molecular formula is C9H15ClN2S. The molecule has 0 atom stereocenters. The van der Waals surface area contributed by atoms with Crippen LogP contribution in [0.4, 0.5) is 0 Å². The van der Waals surface area contributed by atoms with Crippen LogP contribution in [0.2, 0.25) is 0 Å². The summed E-state index contributed by atoms with van der Waals surface area (Å²) in [5.74, 6) is 0.522. The molecule has 1 aromatic rings. The fraction of sp³-hybridized carbons (Fsp3) is 0.667. The number of hydrogen-bond donors (Lipinski definition) is 0. The molecule has 0 aliphatic rings. The molecule has 74 valence electrons. The molecule has 0 saturated carbocycles. The molecule has 0 fully saturated rings. The summed E-state index contributed by atoms with van der Waals surface area (Å²) in [7, 11) is 2.12. The summed E-state index contributed by atoms with van der Waals surface area (Å²) in [5, 5.41) is 3.19. The van der Waals surface area contributed by atoms with Gasteiger partial charge in [-0.1, -0.05) is 6.92 Å². The van der Waals surface area contributed by atoms with E-state index in [2.05, 4.69) is 23.9 Å². The predicted molar refractivity (Wildman–Crippen MR) is 58.3 cm³/mol. The van der Waals surface area contributed by atoms with Gasteiger partial charge in [-0.2, -0.15) is 0 Å². The van der Waals surface area contributed by atoms with Crippen molar-refractivity contribution in [3.8, 4) is 0 Å². The Labute approximate surface area is 88.5 Å². The molecule has 1 rings (SSSR count). The zero-order valence-corrected chi connectivity index (χ0v) is 9.66. The first-order chi connectivity index (χ1) is 6.26. The molecular weight excluding hydrogens is 204 g/mol. The van der Waals surface area contributed by atoms with Crippen LogP contribution in [0.25, 0.3) is 0 Å². The first-order valence-corrected chi connectivity index (χ1v) is 5.85. The van der Waals surface area contributed by atoms with E-state index in [4.69, 9.17) is 11.6 Å². The lowest BCUT2D eigenvalue weighted by Gasteiger charge is -2.12. The van der Waals surface area contributed by atoms with E-state index in [9.17, 15) is 0 Å². The van der Waals surface area contributed by atoms with Crippen LogP contribution >= 0.6 is 22.9 Å². The molecule has 0 amide bonds. The number of hydrogen-bond acceptors (Lipinski definition) is 3. The molecule has 0 aliphatic heterocycles. The van der Waals surface area contributed by atoms with Crippen molar-refractivity contribution in [2.24, 2.45) is 0 Å². The largest absolute Gasteiger partial charge is 0.300 e. The summed E-state index contributed by atoms with van der Waals surface area (Å²) in [4.78, 5) is 6.67. The standard InChI is InChI=1S/C9H15ClN2S/c1-3-4-12(2)6-9-11-8(5-10)7-13-9/h7H,3-6H2,1-2H3. The predicted octanol–water partition coefficient (Wildman–Crippen LogP) is 2.72. The van der Waals surface area contributed by atoms with E-state index in [0.717, 1.165) is 23.8 Å². The molecule has 0 spiro atoms. The van der Waals surface area contributed by atoms with Gasteiger partial charge in [0.2, 0.25) is 0 Å². The van der Waals surface area contributed by atoms with E-state index in [0.29, 0.717) is 5.88 Å². The molecule has 0 saturated heterocycles. The molecule has 0 aromatic carbocycles. The van der Waals surface area contributed by atoms with E-state index < -0.39 is 0 Å². The normalized spacial score (nSPS) is 11.1. The Balaban J connectivity index is 2.44. The highest BCUT2D eigenvalue weighted by molar-refractivity contribution is 7.09. The lowest BCUT2D eigenvalue weighted by molar-refractivity contribution is 0.327. The second kappa shape index (κ2) is 5.58. The highest BCUT2D eigenvalue weighted by Gasteiger charge is 2.03. The highest BCUT2D eigenvalue weighted by atomic mass is 35.5. The average molecular weight is 219 g/mol. The van der Waals surface area contributed by atoms with Gasteiger partial charge in [0.05, 0.1) is 18.1 Å². The van der Waals surface area contributed by atoms with Crippen molar-refractivity contribution in [1.82, 2.24) is 9.88 Å². The minimum absolute atomic E-state index is 0.522. The van der Waals surface area contributed by atoms with Crippen LogP contribution in [0.3, 0.4) is 0 Å². The number of aromatic nitrogens is 1. The second-order valence-electron chi connectivity index (χ2n) is 3.10. The van der Waals surface area contributed by atoms with Gasteiger partial charge >= 0.3 is 0 Å². The van der Waals surface area contributed by atoms with Crippen molar-refractivity contribution in [2.45, 2.75) is 25.8 Å². The summed E-state index contributed by atoms with van der Waals surface area (Å²) in [6.45, 7) is 4.24.